The molecule has 1 unspecified atom stereocenters. The van der Waals surface area contributed by atoms with E-state index < -0.39 is 24.6 Å². The first-order valence-corrected chi connectivity index (χ1v) is 5.73. The van der Waals surface area contributed by atoms with Crippen molar-refractivity contribution in [3.8, 4) is 0 Å². The molecule has 2 N–H and O–H groups in total. The second-order valence-corrected chi connectivity index (χ2v) is 4.59. The molecule has 1 rings (SSSR count). The van der Waals surface area contributed by atoms with Gasteiger partial charge in [-0.25, -0.2) is 0 Å². The number of carboxylic acid groups (broad SMARTS) is 1. The van der Waals surface area contributed by atoms with Crippen LogP contribution in [0.2, 0.25) is 0 Å². The molecule has 0 saturated heterocycles. The highest BCUT2D eigenvalue weighted by Gasteiger charge is 2.44. The van der Waals surface area contributed by atoms with E-state index in [0.717, 1.165) is 10.4 Å². The molecule has 7 heteroatoms. The number of hydrogen-bond acceptors (Lipinski definition) is 3. The number of hydrogen-bond donors (Lipinski definition) is 2. The molecule has 0 fully saturated rings. The molecule has 0 aliphatic carbocycles. The summed E-state index contributed by atoms with van der Waals surface area (Å²) in [5, 5.41) is 12.8. The molecular formula is C10H12F3NO2S. The first-order chi connectivity index (χ1) is 7.82. The van der Waals surface area contributed by atoms with Gasteiger partial charge in [-0.15, -0.1) is 11.3 Å². The summed E-state index contributed by atoms with van der Waals surface area (Å²) in [6, 6.07) is 1.86. The monoisotopic (exact) mass is 267 g/mol. The Morgan fingerprint density at radius 1 is 1.59 bits per heavy atom. The highest BCUT2D eigenvalue weighted by atomic mass is 32.1. The molecule has 1 atom stereocenters. The molecule has 17 heavy (non-hydrogen) atoms. The average molecular weight is 267 g/mol. The maximum Gasteiger partial charge on any atom is 0.403 e. The molecule has 0 bridgehead atoms. The number of halogens is 3. The van der Waals surface area contributed by atoms with Crippen LogP contribution in [0.4, 0.5) is 13.2 Å². The SMILES string of the molecule is Cc1ccsc1CNCC(C(=O)O)C(F)(F)F. The van der Waals surface area contributed by atoms with Crippen LogP contribution in [-0.4, -0.2) is 23.8 Å². The van der Waals surface area contributed by atoms with Gasteiger partial charge in [-0.1, -0.05) is 0 Å². The lowest BCUT2D eigenvalue weighted by Crippen LogP contribution is -2.38. The summed E-state index contributed by atoms with van der Waals surface area (Å²) in [5.74, 6) is -4.21. The van der Waals surface area contributed by atoms with E-state index in [1.54, 1.807) is 0 Å². The summed E-state index contributed by atoms with van der Waals surface area (Å²) in [5.41, 5.74) is 0.987. The first-order valence-electron chi connectivity index (χ1n) is 4.85. The molecule has 0 spiro atoms. The zero-order valence-corrected chi connectivity index (χ0v) is 9.86. The van der Waals surface area contributed by atoms with Gasteiger partial charge in [-0.05, 0) is 23.9 Å². The molecule has 0 radical (unpaired) electrons. The van der Waals surface area contributed by atoms with Crippen molar-refractivity contribution < 1.29 is 23.1 Å². The number of rotatable bonds is 5. The molecule has 0 aliphatic heterocycles. The van der Waals surface area contributed by atoms with Gasteiger partial charge in [0.25, 0.3) is 0 Å². The number of nitrogens with one attached hydrogen (secondary N) is 1. The van der Waals surface area contributed by atoms with E-state index in [4.69, 9.17) is 5.11 Å². The lowest BCUT2D eigenvalue weighted by Gasteiger charge is -2.16. The zero-order valence-electron chi connectivity index (χ0n) is 9.04. The van der Waals surface area contributed by atoms with Crippen molar-refractivity contribution in [2.45, 2.75) is 19.6 Å². The Labute approximate surface area is 100 Å². The van der Waals surface area contributed by atoms with Crippen LogP contribution in [0.3, 0.4) is 0 Å². The third-order valence-corrected chi connectivity index (χ3v) is 3.32. The van der Waals surface area contributed by atoms with Crippen LogP contribution in [0.25, 0.3) is 0 Å². The smallest absolute Gasteiger partial charge is 0.403 e. The van der Waals surface area contributed by atoms with Crippen molar-refractivity contribution in [3.05, 3.63) is 21.9 Å². The van der Waals surface area contributed by atoms with Gasteiger partial charge in [0, 0.05) is 18.0 Å². The second-order valence-electron chi connectivity index (χ2n) is 3.59. The molecule has 1 heterocycles. The fourth-order valence-corrected chi connectivity index (χ4v) is 2.13. The first kappa shape index (κ1) is 14.0. The Balaban J connectivity index is 2.49. The molecule has 3 nitrogen and oxygen atoms in total. The van der Waals surface area contributed by atoms with Crippen molar-refractivity contribution >= 4 is 17.3 Å². The summed E-state index contributed by atoms with van der Waals surface area (Å²) in [7, 11) is 0. The molecule has 1 aromatic rings. The topological polar surface area (TPSA) is 49.3 Å². The van der Waals surface area contributed by atoms with Crippen molar-refractivity contribution in [2.75, 3.05) is 6.54 Å². The van der Waals surface area contributed by atoms with Gasteiger partial charge in [0.05, 0.1) is 0 Å². The Morgan fingerprint density at radius 2 is 2.24 bits per heavy atom. The highest BCUT2D eigenvalue weighted by Crippen LogP contribution is 2.26. The number of aryl methyl sites for hydroxylation is 1. The van der Waals surface area contributed by atoms with E-state index in [-0.39, 0.29) is 6.54 Å². The van der Waals surface area contributed by atoms with Crippen molar-refractivity contribution in [1.29, 1.82) is 0 Å². The maximum absolute atomic E-state index is 12.3. The van der Waals surface area contributed by atoms with Gasteiger partial charge in [0.2, 0.25) is 0 Å². The van der Waals surface area contributed by atoms with Gasteiger partial charge in [-0.2, -0.15) is 13.2 Å². The lowest BCUT2D eigenvalue weighted by molar-refractivity contribution is -0.192. The predicted octanol–water partition coefficient (Wildman–Crippen LogP) is 2.41. The maximum atomic E-state index is 12.3. The normalized spacial score (nSPS) is 13.6. The molecule has 96 valence electrons. The van der Waals surface area contributed by atoms with Crippen LogP contribution in [0.5, 0.6) is 0 Å². The van der Waals surface area contributed by atoms with E-state index in [0.29, 0.717) is 0 Å². The molecule has 0 saturated carbocycles. The molecule has 1 aromatic heterocycles. The molecule has 0 aromatic carbocycles. The third-order valence-electron chi connectivity index (χ3n) is 2.30. The largest absolute Gasteiger partial charge is 0.481 e. The number of thiophene rings is 1. The van der Waals surface area contributed by atoms with Gasteiger partial charge in [0.15, 0.2) is 5.92 Å². The average Bonchev–Trinajstić information content (AvgIpc) is 2.56. The minimum atomic E-state index is -4.72. The van der Waals surface area contributed by atoms with Crippen LogP contribution >= 0.6 is 11.3 Å². The summed E-state index contributed by atoms with van der Waals surface area (Å²) < 4.78 is 36.9. The second kappa shape index (κ2) is 5.50. The van der Waals surface area contributed by atoms with E-state index in [1.807, 2.05) is 18.4 Å². The zero-order chi connectivity index (χ0) is 13.1. The van der Waals surface area contributed by atoms with E-state index >= 15 is 0 Å². The predicted molar refractivity (Wildman–Crippen MR) is 57.9 cm³/mol. The summed E-state index contributed by atoms with van der Waals surface area (Å²) >= 11 is 1.43. The van der Waals surface area contributed by atoms with Crippen molar-refractivity contribution in [3.63, 3.8) is 0 Å². The van der Waals surface area contributed by atoms with Crippen molar-refractivity contribution in [2.24, 2.45) is 5.92 Å². The minimum absolute atomic E-state index is 0.253. The molecular weight excluding hydrogens is 255 g/mol. The third kappa shape index (κ3) is 4.01. The summed E-state index contributed by atoms with van der Waals surface area (Å²) in [6.07, 6.45) is -4.72. The van der Waals surface area contributed by atoms with Crippen LogP contribution < -0.4 is 5.32 Å². The Morgan fingerprint density at radius 3 is 2.65 bits per heavy atom. The van der Waals surface area contributed by atoms with Gasteiger partial charge in [-0.3, -0.25) is 4.79 Å². The number of aliphatic carboxylic acids is 1. The summed E-state index contributed by atoms with van der Waals surface area (Å²) in [6.45, 7) is 1.49. The Hall–Kier alpha value is -1.08. The fraction of sp³-hybridized carbons (Fsp3) is 0.500. The lowest BCUT2D eigenvalue weighted by atomic mass is 10.1. The van der Waals surface area contributed by atoms with Gasteiger partial charge >= 0.3 is 12.1 Å². The number of carbonyl (C=O) groups is 1. The quantitative estimate of drug-likeness (QED) is 0.861. The van der Waals surface area contributed by atoms with Crippen LogP contribution in [0.1, 0.15) is 10.4 Å². The summed E-state index contributed by atoms with van der Waals surface area (Å²) in [4.78, 5) is 11.4. The van der Waals surface area contributed by atoms with E-state index in [1.165, 1.54) is 11.3 Å². The Kier molecular flexibility index (Phi) is 4.53. The molecule has 0 amide bonds. The standard InChI is InChI=1S/C10H12F3NO2S/c1-6-2-3-17-8(6)5-14-4-7(9(15)16)10(11,12)13/h2-3,7,14H,4-5H2,1H3,(H,15,16). The van der Waals surface area contributed by atoms with Crippen LogP contribution in [0, 0.1) is 12.8 Å². The van der Waals surface area contributed by atoms with E-state index in [9.17, 15) is 18.0 Å². The van der Waals surface area contributed by atoms with Gasteiger partial charge < -0.3 is 10.4 Å². The van der Waals surface area contributed by atoms with Crippen LogP contribution in [-0.2, 0) is 11.3 Å². The minimum Gasteiger partial charge on any atom is -0.481 e. The van der Waals surface area contributed by atoms with E-state index in [2.05, 4.69) is 5.32 Å². The highest BCUT2D eigenvalue weighted by molar-refractivity contribution is 7.10. The number of carboxylic acids is 1. The molecule has 0 aliphatic rings. The number of alkyl halides is 3. The fourth-order valence-electron chi connectivity index (χ4n) is 1.26. The van der Waals surface area contributed by atoms with Gasteiger partial charge in [0.1, 0.15) is 0 Å². The van der Waals surface area contributed by atoms with Crippen molar-refractivity contribution in [1.82, 2.24) is 5.32 Å². The van der Waals surface area contributed by atoms with Crippen LogP contribution in [0.15, 0.2) is 11.4 Å². The Bertz CT molecular complexity index is 389.